The number of thiazole rings is 1. The highest BCUT2D eigenvalue weighted by atomic mass is 32.2. The molecule has 3 aromatic heterocycles. The first-order chi connectivity index (χ1) is 17.0. The number of fused-ring (bicyclic) bond motifs is 3. The van der Waals surface area contributed by atoms with Gasteiger partial charge in [-0.15, -0.1) is 22.7 Å². The second kappa shape index (κ2) is 10.00. The van der Waals surface area contributed by atoms with E-state index in [0.29, 0.717) is 28.3 Å². The van der Waals surface area contributed by atoms with Gasteiger partial charge in [0.2, 0.25) is 5.91 Å². The molecule has 0 atom stereocenters. The zero-order valence-corrected chi connectivity index (χ0v) is 22.0. The molecule has 0 bridgehead atoms. The molecule has 0 saturated heterocycles. The van der Waals surface area contributed by atoms with Gasteiger partial charge >= 0.3 is 0 Å². The van der Waals surface area contributed by atoms with Crippen LogP contribution in [0.4, 0.5) is 5.13 Å². The molecule has 3 heterocycles. The van der Waals surface area contributed by atoms with Crippen LogP contribution in [-0.4, -0.2) is 40.4 Å². The number of carbonyl (C=O) groups is 1. The molecular weight excluding hydrogens is 504 g/mol. The highest BCUT2D eigenvalue weighted by molar-refractivity contribution is 7.99. The fourth-order valence-corrected chi connectivity index (χ4v) is 7.02. The Bertz CT molecular complexity index is 1450. The van der Waals surface area contributed by atoms with E-state index < -0.39 is 0 Å². The molecule has 11 heteroatoms. The van der Waals surface area contributed by atoms with Crippen molar-refractivity contribution in [3.63, 3.8) is 0 Å². The average Bonchev–Trinajstić information content (AvgIpc) is 3.61. The third-order valence-corrected chi connectivity index (χ3v) is 8.96. The van der Waals surface area contributed by atoms with Crippen LogP contribution >= 0.6 is 34.4 Å². The van der Waals surface area contributed by atoms with Crippen molar-refractivity contribution in [3.05, 3.63) is 56.1 Å². The molecule has 0 unspecified atom stereocenters. The van der Waals surface area contributed by atoms with Crippen molar-refractivity contribution in [3.8, 4) is 11.5 Å². The molecule has 1 aliphatic rings. The molecule has 0 spiro atoms. The zero-order chi connectivity index (χ0) is 24.5. The SMILES string of the molecule is COc1ccc(CN(C(=O)CSc2nc3sc4c(c3c(=O)n2C)CCC4)c2nccs2)cc1OC. The fraction of sp³-hybridized carbons (Fsp3) is 0.333. The monoisotopic (exact) mass is 528 g/mol. The van der Waals surface area contributed by atoms with Gasteiger partial charge in [-0.2, -0.15) is 0 Å². The quantitative estimate of drug-likeness (QED) is 0.249. The molecule has 0 N–H and O–H groups in total. The van der Waals surface area contributed by atoms with Crippen molar-refractivity contribution in [1.82, 2.24) is 14.5 Å². The van der Waals surface area contributed by atoms with Crippen molar-refractivity contribution < 1.29 is 14.3 Å². The molecule has 8 nitrogen and oxygen atoms in total. The number of thiophene rings is 1. The number of hydrogen-bond acceptors (Lipinski definition) is 9. The van der Waals surface area contributed by atoms with Gasteiger partial charge in [0, 0.05) is 23.5 Å². The number of rotatable bonds is 8. The molecule has 1 aliphatic carbocycles. The number of ether oxygens (including phenoxy) is 2. The first-order valence-corrected chi connectivity index (χ1v) is 13.7. The van der Waals surface area contributed by atoms with Gasteiger partial charge in [0.1, 0.15) is 4.83 Å². The van der Waals surface area contributed by atoms with Crippen LogP contribution in [0.15, 0.2) is 39.7 Å². The van der Waals surface area contributed by atoms with E-state index in [1.165, 1.54) is 28.0 Å². The summed E-state index contributed by atoms with van der Waals surface area (Å²) in [6.45, 7) is 0.330. The zero-order valence-electron chi connectivity index (χ0n) is 19.6. The predicted molar refractivity (Wildman–Crippen MR) is 140 cm³/mol. The summed E-state index contributed by atoms with van der Waals surface area (Å²) in [6, 6.07) is 5.58. The molecule has 0 saturated carbocycles. The van der Waals surface area contributed by atoms with E-state index in [1.807, 2.05) is 23.6 Å². The Morgan fingerprint density at radius 3 is 2.80 bits per heavy atom. The molecule has 1 aromatic carbocycles. The smallest absolute Gasteiger partial charge is 0.262 e. The van der Waals surface area contributed by atoms with E-state index >= 15 is 0 Å². The van der Waals surface area contributed by atoms with Crippen molar-refractivity contribution in [2.75, 3.05) is 24.9 Å². The Morgan fingerprint density at radius 2 is 2.06 bits per heavy atom. The molecule has 4 aromatic rings. The van der Waals surface area contributed by atoms with Crippen LogP contribution in [0.25, 0.3) is 10.2 Å². The Kier molecular flexibility index (Phi) is 6.81. The summed E-state index contributed by atoms with van der Waals surface area (Å²) in [5.41, 5.74) is 2.01. The number of hydrogen-bond donors (Lipinski definition) is 0. The number of nitrogens with zero attached hydrogens (tertiary/aromatic N) is 4. The second-order valence-electron chi connectivity index (χ2n) is 8.07. The third kappa shape index (κ3) is 4.55. The number of aryl methyl sites for hydroxylation is 2. The van der Waals surface area contributed by atoms with Crippen molar-refractivity contribution in [2.24, 2.45) is 7.05 Å². The summed E-state index contributed by atoms with van der Waals surface area (Å²) in [5.74, 6) is 1.23. The van der Waals surface area contributed by atoms with Crippen LogP contribution in [0.3, 0.4) is 0 Å². The summed E-state index contributed by atoms with van der Waals surface area (Å²) in [7, 11) is 4.89. The maximum atomic E-state index is 13.4. The minimum Gasteiger partial charge on any atom is -0.493 e. The molecule has 0 aliphatic heterocycles. The van der Waals surface area contributed by atoms with Crippen molar-refractivity contribution in [1.29, 1.82) is 0 Å². The number of aromatic nitrogens is 3. The highest BCUT2D eigenvalue weighted by Crippen LogP contribution is 2.35. The Hall–Kier alpha value is -2.89. The van der Waals surface area contributed by atoms with Gasteiger partial charge in [0.05, 0.1) is 31.9 Å². The lowest BCUT2D eigenvalue weighted by atomic mass is 10.2. The lowest BCUT2D eigenvalue weighted by molar-refractivity contribution is -0.116. The van der Waals surface area contributed by atoms with Crippen LogP contribution in [0.5, 0.6) is 11.5 Å². The summed E-state index contributed by atoms with van der Waals surface area (Å²) >= 11 is 4.28. The molecule has 0 radical (unpaired) electrons. The van der Waals surface area contributed by atoms with E-state index in [1.54, 1.807) is 48.3 Å². The standard InChI is InChI=1S/C24H24N4O4S3/c1-27-22(30)20-15-5-4-6-18(15)35-21(20)26-24(27)34-13-19(29)28(23-25-9-10-33-23)12-14-7-8-16(31-2)17(11-14)32-3/h7-11H,4-6,12-13H2,1-3H3. The minimum absolute atomic E-state index is 0.0357. The van der Waals surface area contributed by atoms with Gasteiger partial charge in [-0.3, -0.25) is 19.1 Å². The largest absolute Gasteiger partial charge is 0.493 e. The van der Waals surface area contributed by atoms with Gasteiger partial charge in [-0.05, 0) is 42.5 Å². The van der Waals surface area contributed by atoms with Crippen LogP contribution in [0.2, 0.25) is 0 Å². The van der Waals surface area contributed by atoms with E-state index in [9.17, 15) is 9.59 Å². The molecule has 182 valence electrons. The predicted octanol–water partition coefficient (Wildman–Crippen LogP) is 4.28. The summed E-state index contributed by atoms with van der Waals surface area (Å²) in [6.07, 6.45) is 4.73. The maximum Gasteiger partial charge on any atom is 0.262 e. The van der Waals surface area contributed by atoms with Gasteiger partial charge in [-0.1, -0.05) is 17.8 Å². The number of thioether (sulfide) groups is 1. The lowest BCUT2D eigenvalue weighted by Crippen LogP contribution is -2.32. The van der Waals surface area contributed by atoms with Gasteiger partial charge in [0.25, 0.3) is 5.56 Å². The number of amides is 1. The van der Waals surface area contributed by atoms with Gasteiger partial charge in [0.15, 0.2) is 21.8 Å². The van der Waals surface area contributed by atoms with E-state index in [4.69, 9.17) is 14.5 Å². The lowest BCUT2D eigenvalue weighted by Gasteiger charge is -2.20. The normalized spacial score (nSPS) is 12.7. The van der Waals surface area contributed by atoms with Crippen LogP contribution in [0.1, 0.15) is 22.4 Å². The highest BCUT2D eigenvalue weighted by Gasteiger charge is 2.24. The van der Waals surface area contributed by atoms with E-state index in [-0.39, 0.29) is 17.2 Å². The Morgan fingerprint density at radius 1 is 1.23 bits per heavy atom. The maximum absolute atomic E-state index is 13.4. The van der Waals surface area contributed by atoms with E-state index in [2.05, 4.69) is 4.98 Å². The molecule has 35 heavy (non-hydrogen) atoms. The Balaban J connectivity index is 1.38. The molecular formula is C24H24N4O4S3. The first-order valence-electron chi connectivity index (χ1n) is 11.0. The summed E-state index contributed by atoms with van der Waals surface area (Å²) in [4.78, 5) is 39.2. The number of methoxy groups -OCH3 is 2. The van der Waals surface area contributed by atoms with E-state index in [0.717, 1.165) is 40.6 Å². The second-order valence-corrected chi connectivity index (χ2v) is 11.0. The fourth-order valence-electron chi connectivity index (χ4n) is 4.21. The van der Waals surface area contributed by atoms with Crippen molar-refractivity contribution >= 4 is 55.7 Å². The van der Waals surface area contributed by atoms with Gasteiger partial charge < -0.3 is 9.47 Å². The summed E-state index contributed by atoms with van der Waals surface area (Å²) in [5, 5.41) is 3.74. The van der Waals surface area contributed by atoms with Crippen LogP contribution < -0.4 is 19.9 Å². The number of benzene rings is 1. The molecule has 5 rings (SSSR count). The van der Waals surface area contributed by atoms with Gasteiger partial charge in [-0.25, -0.2) is 9.97 Å². The molecule has 1 amide bonds. The third-order valence-electron chi connectivity index (χ3n) is 5.97. The topological polar surface area (TPSA) is 86.6 Å². The summed E-state index contributed by atoms with van der Waals surface area (Å²) < 4.78 is 12.3. The first kappa shape index (κ1) is 23.8. The minimum atomic E-state index is -0.122. The Labute approximate surface area is 214 Å². The molecule has 0 fully saturated rings. The number of anilines is 1. The van der Waals surface area contributed by atoms with Crippen LogP contribution in [0, 0.1) is 0 Å². The van der Waals surface area contributed by atoms with Crippen LogP contribution in [-0.2, 0) is 31.2 Å². The average molecular weight is 529 g/mol. The number of carbonyl (C=O) groups excluding carboxylic acids is 1. The van der Waals surface area contributed by atoms with Crippen molar-refractivity contribution in [2.45, 2.75) is 31.0 Å².